The summed E-state index contributed by atoms with van der Waals surface area (Å²) in [6.45, 7) is 0. The molecule has 0 saturated carbocycles. The molecule has 94 valence electrons. The molecule has 0 N–H and O–H groups in total. The van der Waals surface area contributed by atoms with Crippen molar-refractivity contribution in [2.45, 2.75) is 12.8 Å². The van der Waals surface area contributed by atoms with Crippen LogP contribution < -0.4 is 0 Å². The summed E-state index contributed by atoms with van der Waals surface area (Å²) in [5.41, 5.74) is 0.475. The Morgan fingerprint density at radius 3 is 2.94 bits per heavy atom. The Morgan fingerprint density at radius 1 is 1.44 bits per heavy atom. The van der Waals surface area contributed by atoms with Crippen LogP contribution in [0.15, 0.2) is 28.8 Å². The number of esters is 1. The number of methoxy groups -OCH3 is 1. The van der Waals surface area contributed by atoms with Gasteiger partial charge in [-0.25, -0.2) is 4.39 Å². The molecule has 0 fully saturated rings. The molecule has 0 aliphatic rings. The molecule has 0 bridgehead atoms. The molecule has 0 amide bonds. The molecule has 5 nitrogen and oxygen atoms in total. The summed E-state index contributed by atoms with van der Waals surface area (Å²) in [5.74, 6) is -0.292. The Bertz CT molecular complexity index is 554. The first-order chi connectivity index (χ1) is 8.69. The second-order valence-corrected chi connectivity index (χ2v) is 3.63. The highest BCUT2D eigenvalue weighted by Gasteiger charge is 2.12. The molecule has 0 unspecified atom stereocenters. The van der Waals surface area contributed by atoms with E-state index >= 15 is 0 Å². The van der Waals surface area contributed by atoms with Gasteiger partial charge in [-0.2, -0.15) is 4.98 Å². The zero-order valence-electron chi connectivity index (χ0n) is 9.72. The van der Waals surface area contributed by atoms with Gasteiger partial charge >= 0.3 is 5.97 Å². The maximum Gasteiger partial charge on any atom is 0.315 e. The van der Waals surface area contributed by atoms with Gasteiger partial charge in [-0.15, -0.1) is 0 Å². The third-order valence-electron chi connectivity index (χ3n) is 2.34. The molecule has 18 heavy (non-hydrogen) atoms. The van der Waals surface area contributed by atoms with Crippen molar-refractivity contribution < 1.29 is 18.4 Å². The van der Waals surface area contributed by atoms with Crippen LogP contribution in [0.3, 0.4) is 0 Å². The number of halogens is 1. The normalized spacial score (nSPS) is 10.3. The minimum absolute atomic E-state index is 0.0826. The number of carbonyl (C=O) groups excluding carboxylic acids is 1. The van der Waals surface area contributed by atoms with E-state index in [1.807, 2.05) is 0 Å². The lowest BCUT2D eigenvalue weighted by Crippen LogP contribution is -2.04. The summed E-state index contributed by atoms with van der Waals surface area (Å²) in [7, 11) is 1.28. The lowest BCUT2D eigenvalue weighted by molar-refractivity contribution is -0.140. The lowest BCUT2D eigenvalue weighted by Gasteiger charge is -1.97. The fourth-order valence-corrected chi connectivity index (χ4v) is 1.44. The molecule has 0 aliphatic carbocycles. The van der Waals surface area contributed by atoms with Crippen LogP contribution in [0.4, 0.5) is 4.39 Å². The fraction of sp³-hybridized carbons (Fsp3) is 0.250. The maximum atomic E-state index is 13.4. The Morgan fingerprint density at radius 2 is 2.22 bits per heavy atom. The number of nitrogens with zero attached hydrogens (tertiary/aromatic N) is 2. The molecule has 0 atom stereocenters. The number of ether oxygens (including phenoxy) is 1. The predicted octanol–water partition coefficient (Wildman–Crippen LogP) is 1.51. The van der Waals surface area contributed by atoms with Crippen LogP contribution in [-0.4, -0.2) is 23.2 Å². The van der Waals surface area contributed by atoms with Crippen LogP contribution in [0.2, 0.25) is 0 Å². The zero-order valence-corrected chi connectivity index (χ0v) is 9.72. The van der Waals surface area contributed by atoms with Crippen molar-refractivity contribution in [2.24, 2.45) is 0 Å². The highest BCUT2D eigenvalue weighted by molar-refractivity contribution is 5.71. The second kappa shape index (κ2) is 5.39. The molecule has 2 aromatic rings. The minimum Gasteiger partial charge on any atom is -0.469 e. The standard InChI is InChI=1S/C12H11FN2O3/c1-17-12(16)7-11-14-10(15-18-11)6-8-4-2-3-5-9(8)13/h2-5H,6-7H2,1H3. The van der Waals surface area contributed by atoms with Crippen molar-refractivity contribution in [3.8, 4) is 0 Å². The van der Waals surface area contributed by atoms with Crippen molar-refractivity contribution in [1.82, 2.24) is 10.1 Å². The van der Waals surface area contributed by atoms with Crippen LogP contribution in [0.1, 0.15) is 17.3 Å². The van der Waals surface area contributed by atoms with Crippen molar-refractivity contribution in [3.63, 3.8) is 0 Å². The number of benzene rings is 1. The minimum atomic E-state index is -0.462. The Labute approximate surface area is 103 Å². The largest absolute Gasteiger partial charge is 0.469 e. The van der Waals surface area contributed by atoms with Gasteiger partial charge in [0, 0.05) is 6.42 Å². The number of carbonyl (C=O) groups is 1. The van der Waals surface area contributed by atoms with Crippen LogP contribution in [-0.2, 0) is 22.4 Å². The van der Waals surface area contributed by atoms with E-state index in [1.165, 1.54) is 13.2 Å². The van der Waals surface area contributed by atoms with Gasteiger partial charge < -0.3 is 9.26 Å². The van der Waals surface area contributed by atoms with E-state index in [0.717, 1.165) is 0 Å². The third kappa shape index (κ3) is 2.91. The number of aromatic nitrogens is 2. The van der Waals surface area contributed by atoms with Gasteiger partial charge in [0.25, 0.3) is 0 Å². The van der Waals surface area contributed by atoms with Crippen molar-refractivity contribution in [1.29, 1.82) is 0 Å². The topological polar surface area (TPSA) is 65.2 Å². The zero-order chi connectivity index (χ0) is 13.0. The van der Waals surface area contributed by atoms with Gasteiger partial charge in [-0.1, -0.05) is 23.4 Å². The van der Waals surface area contributed by atoms with Gasteiger partial charge in [0.15, 0.2) is 5.82 Å². The first-order valence-electron chi connectivity index (χ1n) is 5.30. The van der Waals surface area contributed by atoms with Crippen LogP contribution in [0, 0.1) is 5.82 Å². The monoisotopic (exact) mass is 250 g/mol. The van der Waals surface area contributed by atoms with Crippen LogP contribution >= 0.6 is 0 Å². The van der Waals surface area contributed by atoms with Crippen molar-refractivity contribution in [3.05, 3.63) is 47.4 Å². The molecule has 1 heterocycles. The maximum absolute atomic E-state index is 13.4. The molecule has 0 aliphatic heterocycles. The predicted molar refractivity (Wildman–Crippen MR) is 59.2 cm³/mol. The Balaban J connectivity index is 2.07. The first kappa shape index (κ1) is 12.2. The quantitative estimate of drug-likeness (QED) is 0.769. The molecule has 2 rings (SSSR count). The smallest absolute Gasteiger partial charge is 0.315 e. The molecule has 0 spiro atoms. The van der Waals surface area contributed by atoms with Crippen molar-refractivity contribution >= 4 is 5.97 Å². The van der Waals surface area contributed by atoms with Gasteiger partial charge in [-0.3, -0.25) is 4.79 Å². The molecule has 1 aromatic carbocycles. The summed E-state index contributed by atoms with van der Waals surface area (Å²) >= 11 is 0. The lowest BCUT2D eigenvalue weighted by atomic mass is 10.1. The molecule has 0 radical (unpaired) electrons. The second-order valence-electron chi connectivity index (χ2n) is 3.63. The number of hydrogen-bond acceptors (Lipinski definition) is 5. The van der Waals surface area contributed by atoms with Gasteiger partial charge in [0.1, 0.15) is 12.2 Å². The summed E-state index contributed by atoms with van der Waals surface area (Å²) in [4.78, 5) is 15.0. The van der Waals surface area contributed by atoms with Crippen LogP contribution in [0.5, 0.6) is 0 Å². The van der Waals surface area contributed by atoms with E-state index in [1.54, 1.807) is 18.2 Å². The first-order valence-corrected chi connectivity index (χ1v) is 5.30. The van der Waals surface area contributed by atoms with Crippen LogP contribution in [0.25, 0.3) is 0 Å². The summed E-state index contributed by atoms with van der Waals surface area (Å²) < 4.78 is 22.7. The van der Waals surface area contributed by atoms with Crippen molar-refractivity contribution in [2.75, 3.05) is 7.11 Å². The van der Waals surface area contributed by atoms with E-state index in [4.69, 9.17) is 4.52 Å². The average Bonchev–Trinajstić information content (AvgIpc) is 2.79. The summed E-state index contributed by atoms with van der Waals surface area (Å²) in [6.07, 6.45) is 0.137. The highest BCUT2D eigenvalue weighted by atomic mass is 19.1. The van der Waals surface area contributed by atoms with E-state index in [-0.39, 0.29) is 24.5 Å². The molecule has 0 saturated heterocycles. The van der Waals surface area contributed by atoms with E-state index in [2.05, 4.69) is 14.9 Å². The van der Waals surface area contributed by atoms with Gasteiger partial charge in [-0.05, 0) is 11.6 Å². The molecular formula is C12H11FN2O3. The Hall–Kier alpha value is -2.24. The van der Waals surface area contributed by atoms with E-state index in [0.29, 0.717) is 11.4 Å². The van der Waals surface area contributed by atoms with Gasteiger partial charge in [0.2, 0.25) is 5.89 Å². The third-order valence-corrected chi connectivity index (χ3v) is 2.34. The summed E-state index contributed by atoms with van der Waals surface area (Å²) in [5, 5.41) is 3.68. The Kier molecular flexibility index (Phi) is 3.66. The number of hydrogen-bond donors (Lipinski definition) is 0. The SMILES string of the molecule is COC(=O)Cc1nc(Cc2ccccc2F)no1. The number of rotatable bonds is 4. The molecule has 1 aromatic heterocycles. The van der Waals surface area contributed by atoms with E-state index < -0.39 is 5.97 Å². The molecule has 6 heteroatoms. The van der Waals surface area contributed by atoms with E-state index in [9.17, 15) is 9.18 Å². The van der Waals surface area contributed by atoms with Gasteiger partial charge in [0.05, 0.1) is 7.11 Å². The summed E-state index contributed by atoms with van der Waals surface area (Å²) in [6, 6.07) is 6.35. The average molecular weight is 250 g/mol. The highest BCUT2D eigenvalue weighted by Crippen LogP contribution is 2.11. The fourth-order valence-electron chi connectivity index (χ4n) is 1.44. The molecular weight excluding hydrogens is 239 g/mol.